The maximum atomic E-state index is 14.8. The number of nitrogens with one attached hydrogen (secondary N) is 1. The van der Waals surface area contributed by atoms with E-state index in [1.165, 1.54) is 37.3 Å². The predicted octanol–water partition coefficient (Wildman–Crippen LogP) is 4.40. The fraction of sp³-hybridized carbons (Fsp3) is 0.323. The van der Waals surface area contributed by atoms with Crippen LogP contribution in [0.2, 0.25) is 0 Å². The van der Waals surface area contributed by atoms with Crippen molar-refractivity contribution in [1.82, 2.24) is 10.4 Å². The van der Waals surface area contributed by atoms with E-state index in [0.29, 0.717) is 48.3 Å². The van der Waals surface area contributed by atoms with Gasteiger partial charge >= 0.3 is 0 Å². The predicted molar refractivity (Wildman–Crippen MR) is 147 cm³/mol. The fourth-order valence-electron chi connectivity index (χ4n) is 5.49. The first kappa shape index (κ1) is 28.9. The highest BCUT2D eigenvalue weighted by Gasteiger charge is 2.45. The number of piperidine rings is 1. The summed E-state index contributed by atoms with van der Waals surface area (Å²) in [5, 5.41) is 20.1. The zero-order valence-corrected chi connectivity index (χ0v) is 22.5. The molecule has 4 rings (SSSR count). The number of hydrogen-bond acceptors (Lipinski definition) is 7. The van der Waals surface area contributed by atoms with Gasteiger partial charge in [0.05, 0.1) is 6.61 Å². The Hall–Kier alpha value is -4.08. The van der Waals surface area contributed by atoms with Gasteiger partial charge in [-0.25, -0.2) is 9.87 Å². The van der Waals surface area contributed by atoms with Crippen molar-refractivity contribution in [3.63, 3.8) is 0 Å². The molecule has 1 aliphatic rings. The van der Waals surface area contributed by atoms with Gasteiger partial charge in [0.2, 0.25) is 5.91 Å². The number of phenols is 2. The highest BCUT2D eigenvalue weighted by Crippen LogP contribution is 2.42. The molecule has 0 bridgehead atoms. The van der Waals surface area contributed by atoms with Gasteiger partial charge in [-0.2, -0.15) is 0 Å². The zero-order chi connectivity index (χ0) is 28.8. The van der Waals surface area contributed by atoms with Crippen molar-refractivity contribution >= 4 is 17.5 Å². The lowest BCUT2D eigenvalue weighted by atomic mass is 9.67. The molecule has 40 heavy (non-hydrogen) atoms. The molecule has 210 valence electrons. The quantitative estimate of drug-likeness (QED) is 0.195. The summed E-state index contributed by atoms with van der Waals surface area (Å²) in [6.45, 7) is 4.27. The van der Waals surface area contributed by atoms with Crippen molar-refractivity contribution in [2.75, 3.05) is 26.2 Å². The Morgan fingerprint density at radius 3 is 2.00 bits per heavy atom. The minimum Gasteiger partial charge on any atom is -0.508 e. The maximum Gasteiger partial charge on any atom is 0.240 e. The van der Waals surface area contributed by atoms with E-state index in [9.17, 15) is 29.0 Å². The molecule has 1 saturated heterocycles. The van der Waals surface area contributed by atoms with E-state index in [4.69, 9.17) is 4.84 Å². The number of phenolic OH excluding ortho intramolecular Hbond substituents is 2. The molecule has 2 atom stereocenters. The van der Waals surface area contributed by atoms with Crippen LogP contribution in [0.25, 0.3) is 0 Å². The molecule has 8 nitrogen and oxygen atoms in total. The number of carbonyl (C=O) groups is 3. The number of amides is 1. The second-order valence-corrected chi connectivity index (χ2v) is 10.1. The lowest BCUT2D eigenvalue weighted by Crippen LogP contribution is -2.51. The molecule has 0 aromatic heterocycles. The van der Waals surface area contributed by atoms with Crippen molar-refractivity contribution in [2.45, 2.75) is 26.2 Å². The van der Waals surface area contributed by atoms with Crippen molar-refractivity contribution in [1.29, 1.82) is 0 Å². The van der Waals surface area contributed by atoms with E-state index in [2.05, 4.69) is 5.48 Å². The van der Waals surface area contributed by atoms with E-state index in [1.54, 1.807) is 43.3 Å². The molecule has 9 heteroatoms. The van der Waals surface area contributed by atoms with E-state index in [-0.39, 0.29) is 35.6 Å². The molecule has 3 aromatic rings. The van der Waals surface area contributed by atoms with Crippen LogP contribution in [-0.2, 0) is 9.63 Å². The van der Waals surface area contributed by atoms with Gasteiger partial charge in [0.1, 0.15) is 17.3 Å². The van der Waals surface area contributed by atoms with E-state index < -0.39 is 23.6 Å². The Labute approximate surface area is 232 Å². The maximum absolute atomic E-state index is 14.8. The highest BCUT2D eigenvalue weighted by atomic mass is 19.1. The number of likely N-dealkylation sites (tertiary alicyclic amines) is 1. The monoisotopic (exact) mass is 548 g/mol. The smallest absolute Gasteiger partial charge is 0.240 e. The van der Waals surface area contributed by atoms with Gasteiger partial charge in [0, 0.05) is 55.4 Å². The van der Waals surface area contributed by atoms with Gasteiger partial charge in [-0.05, 0) is 54.8 Å². The molecule has 3 aromatic carbocycles. The molecule has 0 spiro atoms. The topological polar surface area (TPSA) is 116 Å². The third-order valence-corrected chi connectivity index (χ3v) is 7.32. The van der Waals surface area contributed by atoms with Crippen molar-refractivity contribution in [2.24, 2.45) is 11.8 Å². The van der Waals surface area contributed by atoms with Gasteiger partial charge in [0.15, 0.2) is 11.6 Å². The highest BCUT2D eigenvalue weighted by molar-refractivity contribution is 6.02. The Morgan fingerprint density at radius 1 is 0.925 bits per heavy atom. The number of benzene rings is 3. The van der Waals surface area contributed by atoms with E-state index in [1.807, 2.05) is 4.90 Å². The number of nitrogens with zero attached hydrogens (tertiary/aromatic N) is 1. The average Bonchev–Trinajstić information content (AvgIpc) is 2.93. The normalized spacial score (nSPS) is 17.9. The molecule has 0 saturated carbocycles. The summed E-state index contributed by atoms with van der Waals surface area (Å²) >= 11 is 0. The third kappa shape index (κ3) is 6.73. The van der Waals surface area contributed by atoms with Gasteiger partial charge in [-0.15, -0.1) is 0 Å². The van der Waals surface area contributed by atoms with Crippen LogP contribution >= 0.6 is 0 Å². The molecule has 3 N–H and O–H groups in total. The second-order valence-electron chi connectivity index (χ2n) is 10.1. The molecule has 1 amide bonds. The molecule has 0 radical (unpaired) electrons. The number of ketones is 2. The minimum absolute atomic E-state index is 0.0560. The first-order chi connectivity index (χ1) is 19.2. The van der Waals surface area contributed by atoms with Crippen LogP contribution in [0, 0.1) is 24.6 Å². The number of hydrogen-bond donors (Lipinski definition) is 3. The number of Topliss-reactive ketones (excluding diaryl/α,β-unsaturated/α-hetero) is 2. The Balaban J connectivity index is 1.76. The standard InChI is InChI=1S/C31H33FN2O6/c1-19-25(11-5-12-28(19)32)29-26(30(38)21-7-3-9-23(36)15-21)17-34(13-6-14-40-33-20(2)35)18-27(29)31(39)22-8-4-10-24(37)16-22/h3-5,7-12,15-16,26-27,29,36-37H,6,13-14,17-18H2,1-2H3,(H,33,35)/t26-,27-/m0/s1. The molecule has 1 fully saturated rings. The van der Waals surface area contributed by atoms with Crippen LogP contribution < -0.4 is 5.48 Å². The van der Waals surface area contributed by atoms with Gasteiger partial charge in [-0.1, -0.05) is 36.4 Å². The van der Waals surface area contributed by atoms with Crippen molar-refractivity contribution in [3.05, 3.63) is 94.8 Å². The summed E-state index contributed by atoms with van der Waals surface area (Å²) in [7, 11) is 0. The molecule has 0 aliphatic carbocycles. The number of halogens is 1. The van der Waals surface area contributed by atoms with Crippen LogP contribution in [0.4, 0.5) is 4.39 Å². The molecule has 1 aliphatic heterocycles. The zero-order valence-electron chi connectivity index (χ0n) is 22.5. The van der Waals surface area contributed by atoms with Gasteiger partial charge in [-0.3, -0.25) is 19.2 Å². The summed E-state index contributed by atoms with van der Waals surface area (Å²) in [5.41, 5.74) is 3.81. The fourth-order valence-corrected chi connectivity index (χ4v) is 5.49. The summed E-state index contributed by atoms with van der Waals surface area (Å²) in [6.07, 6.45) is 0.518. The lowest BCUT2D eigenvalue weighted by Gasteiger charge is -2.43. The van der Waals surface area contributed by atoms with Crippen molar-refractivity contribution in [3.8, 4) is 11.5 Å². The summed E-state index contributed by atoms with van der Waals surface area (Å²) in [6, 6.07) is 16.8. The molecule has 0 unspecified atom stereocenters. The minimum atomic E-state index is -0.737. The van der Waals surface area contributed by atoms with Gasteiger partial charge in [0.25, 0.3) is 0 Å². The molecule has 1 heterocycles. The van der Waals surface area contributed by atoms with Crippen LogP contribution in [0.5, 0.6) is 11.5 Å². The number of carbonyl (C=O) groups excluding carboxylic acids is 3. The summed E-state index contributed by atoms with van der Waals surface area (Å²) < 4.78 is 14.8. The van der Waals surface area contributed by atoms with Gasteiger partial charge < -0.3 is 15.1 Å². The van der Waals surface area contributed by atoms with E-state index >= 15 is 0 Å². The number of hydroxylamine groups is 1. The van der Waals surface area contributed by atoms with Crippen LogP contribution in [0.3, 0.4) is 0 Å². The first-order valence-electron chi connectivity index (χ1n) is 13.2. The molecular formula is C31H33FN2O6. The van der Waals surface area contributed by atoms with Crippen LogP contribution in [-0.4, -0.2) is 58.8 Å². The number of rotatable bonds is 10. The third-order valence-electron chi connectivity index (χ3n) is 7.32. The molecular weight excluding hydrogens is 515 g/mol. The van der Waals surface area contributed by atoms with Crippen molar-refractivity contribution < 1.29 is 33.8 Å². The largest absolute Gasteiger partial charge is 0.508 e. The average molecular weight is 549 g/mol. The Bertz CT molecular complexity index is 1330. The van der Waals surface area contributed by atoms with E-state index in [0.717, 1.165) is 0 Å². The second kappa shape index (κ2) is 12.8. The first-order valence-corrected chi connectivity index (χ1v) is 13.2. The number of aromatic hydroxyl groups is 2. The van der Waals surface area contributed by atoms with Crippen LogP contribution in [0.15, 0.2) is 66.7 Å². The summed E-state index contributed by atoms with van der Waals surface area (Å²) in [4.78, 5) is 46.3. The summed E-state index contributed by atoms with van der Waals surface area (Å²) in [5.74, 6) is -3.53. The Morgan fingerprint density at radius 2 is 1.48 bits per heavy atom. The SMILES string of the molecule is CC(=O)NOCCCN1C[C@H](C(=O)c2cccc(O)c2)C(c2cccc(F)c2C)[C@@H](C(=O)c2cccc(O)c2)C1. The lowest BCUT2D eigenvalue weighted by molar-refractivity contribution is -0.131. The van der Waals surface area contributed by atoms with Crippen LogP contribution in [0.1, 0.15) is 51.1 Å². The Kier molecular flexibility index (Phi) is 9.29.